The first-order valence-electron chi connectivity index (χ1n) is 7.01. The lowest BCUT2D eigenvalue weighted by Crippen LogP contribution is -2.39. The molecule has 1 aromatic rings. The Bertz CT molecular complexity index is 486. The third kappa shape index (κ3) is 4.86. The quantitative estimate of drug-likeness (QED) is 0.825. The van der Waals surface area contributed by atoms with Crippen LogP contribution in [0.25, 0.3) is 0 Å². The molecule has 1 rings (SSSR count). The zero-order valence-corrected chi connectivity index (χ0v) is 13.1. The maximum absolute atomic E-state index is 12.2. The van der Waals surface area contributed by atoms with E-state index in [1.165, 1.54) is 4.90 Å². The van der Waals surface area contributed by atoms with E-state index in [-0.39, 0.29) is 24.2 Å². The maximum atomic E-state index is 12.2. The van der Waals surface area contributed by atoms with Crippen molar-refractivity contribution in [1.29, 1.82) is 0 Å². The molecule has 2 unspecified atom stereocenters. The smallest absolute Gasteiger partial charge is 0.225 e. The summed E-state index contributed by atoms with van der Waals surface area (Å²) in [5.74, 6) is -0.588. The molecule has 5 nitrogen and oxygen atoms in total. The highest BCUT2D eigenvalue weighted by molar-refractivity contribution is 5.80. The molecule has 0 saturated carbocycles. The number of benzene rings is 1. The summed E-state index contributed by atoms with van der Waals surface area (Å²) in [7, 11) is 3.21. The normalized spacial score (nSPS) is 14.9. The predicted octanol–water partition coefficient (Wildman–Crippen LogP) is 1.12. The van der Waals surface area contributed by atoms with Crippen molar-refractivity contribution in [3.05, 3.63) is 35.9 Å². The average molecular weight is 292 g/mol. The standard InChI is InChI=1S/C16H24N2O3/c1-12(15(20)17-3)11-18(4)14(19)10-16(2,21)13-8-6-5-7-9-13/h5-9,12,21H,10-11H2,1-4H3,(H,17,20). The molecule has 0 aromatic heterocycles. The minimum Gasteiger partial charge on any atom is -0.385 e. The molecular weight excluding hydrogens is 268 g/mol. The van der Waals surface area contributed by atoms with E-state index in [0.717, 1.165) is 0 Å². The number of nitrogens with one attached hydrogen (secondary N) is 1. The lowest BCUT2D eigenvalue weighted by atomic mass is 9.92. The second kappa shape index (κ2) is 7.22. The summed E-state index contributed by atoms with van der Waals surface area (Å²) in [4.78, 5) is 25.2. The van der Waals surface area contributed by atoms with Crippen molar-refractivity contribution in [2.24, 2.45) is 5.92 Å². The van der Waals surface area contributed by atoms with Crippen LogP contribution in [0.4, 0.5) is 0 Å². The molecule has 2 amide bonds. The molecule has 0 saturated heterocycles. The molecule has 0 radical (unpaired) electrons. The van der Waals surface area contributed by atoms with Gasteiger partial charge in [0.25, 0.3) is 0 Å². The van der Waals surface area contributed by atoms with Crippen LogP contribution in [0.1, 0.15) is 25.8 Å². The maximum Gasteiger partial charge on any atom is 0.225 e. The van der Waals surface area contributed by atoms with E-state index in [1.54, 1.807) is 40.1 Å². The second-order valence-corrected chi connectivity index (χ2v) is 5.61. The summed E-state index contributed by atoms with van der Waals surface area (Å²) in [6, 6.07) is 9.09. The fourth-order valence-electron chi connectivity index (χ4n) is 2.17. The van der Waals surface area contributed by atoms with E-state index >= 15 is 0 Å². The minimum atomic E-state index is -1.22. The van der Waals surface area contributed by atoms with E-state index in [4.69, 9.17) is 0 Å². The molecule has 1 aromatic carbocycles. The first-order valence-corrected chi connectivity index (χ1v) is 7.01. The van der Waals surface area contributed by atoms with E-state index in [2.05, 4.69) is 5.32 Å². The van der Waals surface area contributed by atoms with Crippen LogP contribution in [0.15, 0.2) is 30.3 Å². The zero-order chi connectivity index (χ0) is 16.0. The van der Waals surface area contributed by atoms with Gasteiger partial charge in [0.15, 0.2) is 0 Å². The van der Waals surface area contributed by atoms with Gasteiger partial charge in [0.2, 0.25) is 11.8 Å². The predicted molar refractivity (Wildman–Crippen MR) is 81.5 cm³/mol. The van der Waals surface area contributed by atoms with Crippen molar-refractivity contribution in [3.63, 3.8) is 0 Å². The third-order valence-corrected chi connectivity index (χ3v) is 3.56. The van der Waals surface area contributed by atoms with Crippen molar-refractivity contribution in [3.8, 4) is 0 Å². The first kappa shape index (κ1) is 17.2. The van der Waals surface area contributed by atoms with E-state index in [1.807, 2.05) is 18.2 Å². The largest absolute Gasteiger partial charge is 0.385 e. The number of carbonyl (C=O) groups excluding carboxylic acids is 2. The SMILES string of the molecule is CNC(=O)C(C)CN(C)C(=O)CC(C)(O)c1ccccc1. The summed E-state index contributed by atoms with van der Waals surface area (Å²) in [6.45, 7) is 3.71. The van der Waals surface area contributed by atoms with Gasteiger partial charge in [-0.05, 0) is 12.5 Å². The molecule has 21 heavy (non-hydrogen) atoms. The molecule has 0 aliphatic carbocycles. The Morgan fingerprint density at radius 3 is 2.43 bits per heavy atom. The van der Waals surface area contributed by atoms with E-state index < -0.39 is 5.60 Å². The molecule has 2 N–H and O–H groups in total. The van der Waals surface area contributed by atoms with Crippen molar-refractivity contribution in [2.45, 2.75) is 25.9 Å². The monoisotopic (exact) mass is 292 g/mol. The van der Waals surface area contributed by atoms with Crippen LogP contribution in [0.3, 0.4) is 0 Å². The van der Waals surface area contributed by atoms with Gasteiger partial charge in [0.1, 0.15) is 0 Å². The molecule has 0 aliphatic rings. The van der Waals surface area contributed by atoms with Gasteiger partial charge in [-0.3, -0.25) is 9.59 Å². The van der Waals surface area contributed by atoms with Crippen molar-refractivity contribution >= 4 is 11.8 Å². The number of nitrogens with zero attached hydrogens (tertiary/aromatic N) is 1. The molecular formula is C16H24N2O3. The fourth-order valence-corrected chi connectivity index (χ4v) is 2.17. The number of rotatable bonds is 6. The summed E-state index contributed by atoms with van der Waals surface area (Å²) in [6.07, 6.45) is -0.0199. The van der Waals surface area contributed by atoms with Crippen LogP contribution >= 0.6 is 0 Å². The van der Waals surface area contributed by atoms with Crippen LogP contribution < -0.4 is 5.32 Å². The average Bonchev–Trinajstić information content (AvgIpc) is 2.46. The molecule has 0 fully saturated rings. The van der Waals surface area contributed by atoms with Crippen LogP contribution in [0.2, 0.25) is 0 Å². The van der Waals surface area contributed by atoms with Crippen LogP contribution in [0, 0.1) is 5.92 Å². The highest BCUT2D eigenvalue weighted by Gasteiger charge is 2.28. The first-order chi connectivity index (χ1) is 9.77. The summed E-state index contributed by atoms with van der Waals surface area (Å²) in [5, 5.41) is 13.0. The Balaban J connectivity index is 2.65. The number of carbonyl (C=O) groups is 2. The Kier molecular flexibility index (Phi) is 5.90. The van der Waals surface area contributed by atoms with Gasteiger partial charge in [-0.15, -0.1) is 0 Å². The van der Waals surface area contributed by atoms with Gasteiger partial charge in [-0.2, -0.15) is 0 Å². The number of aliphatic hydroxyl groups is 1. The topological polar surface area (TPSA) is 69.6 Å². The van der Waals surface area contributed by atoms with Gasteiger partial charge < -0.3 is 15.3 Å². The Morgan fingerprint density at radius 2 is 1.90 bits per heavy atom. The highest BCUT2D eigenvalue weighted by Crippen LogP contribution is 2.24. The molecule has 0 aliphatic heterocycles. The molecule has 5 heteroatoms. The van der Waals surface area contributed by atoms with Crippen LogP contribution in [-0.4, -0.2) is 42.5 Å². The number of amides is 2. The van der Waals surface area contributed by atoms with Gasteiger partial charge in [-0.25, -0.2) is 0 Å². The number of hydrogen-bond donors (Lipinski definition) is 2. The van der Waals surface area contributed by atoms with Crippen LogP contribution in [-0.2, 0) is 15.2 Å². The summed E-state index contributed by atoms with van der Waals surface area (Å²) < 4.78 is 0. The lowest BCUT2D eigenvalue weighted by molar-refractivity contribution is -0.136. The number of hydrogen-bond acceptors (Lipinski definition) is 3. The summed E-state index contributed by atoms with van der Waals surface area (Å²) >= 11 is 0. The van der Waals surface area contributed by atoms with Gasteiger partial charge in [0.05, 0.1) is 17.9 Å². The molecule has 0 heterocycles. The highest BCUT2D eigenvalue weighted by atomic mass is 16.3. The molecule has 0 bridgehead atoms. The second-order valence-electron chi connectivity index (χ2n) is 5.61. The van der Waals surface area contributed by atoms with E-state index in [0.29, 0.717) is 12.1 Å². The Hall–Kier alpha value is -1.88. The van der Waals surface area contributed by atoms with Gasteiger partial charge >= 0.3 is 0 Å². The van der Waals surface area contributed by atoms with E-state index in [9.17, 15) is 14.7 Å². The van der Waals surface area contributed by atoms with Crippen molar-refractivity contribution in [1.82, 2.24) is 10.2 Å². The Morgan fingerprint density at radius 1 is 1.33 bits per heavy atom. The van der Waals surface area contributed by atoms with Crippen LogP contribution in [0.5, 0.6) is 0 Å². The van der Waals surface area contributed by atoms with Crippen molar-refractivity contribution < 1.29 is 14.7 Å². The van der Waals surface area contributed by atoms with Gasteiger partial charge in [-0.1, -0.05) is 37.3 Å². The zero-order valence-electron chi connectivity index (χ0n) is 13.1. The summed E-state index contributed by atoms with van der Waals surface area (Å²) in [5.41, 5.74) is -0.519. The Labute approximate surface area is 126 Å². The lowest BCUT2D eigenvalue weighted by Gasteiger charge is -2.27. The molecule has 116 valence electrons. The minimum absolute atomic E-state index is 0.0199. The van der Waals surface area contributed by atoms with Gasteiger partial charge in [0, 0.05) is 20.6 Å². The molecule has 2 atom stereocenters. The fraction of sp³-hybridized carbons (Fsp3) is 0.500. The molecule has 0 spiro atoms. The van der Waals surface area contributed by atoms with Crippen molar-refractivity contribution in [2.75, 3.05) is 20.6 Å². The third-order valence-electron chi connectivity index (χ3n) is 3.56.